The van der Waals surface area contributed by atoms with Gasteiger partial charge in [0.2, 0.25) is 15.9 Å². The number of rotatable bonds is 3. The zero-order chi connectivity index (χ0) is 21.8. The molecule has 0 atom stereocenters. The fourth-order valence-corrected chi connectivity index (χ4v) is 5.26. The van der Waals surface area contributed by atoms with Crippen LogP contribution < -0.4 is 9.64 Å². The van der Waals surface area contributed by atoms with Crippen molar-refractivity contribution in [1.29, 1.82) is 0 Å². The summed E-state index contributed by atoms with van der Waals surface area (Å²) < 4.78 is 32.2. The predicted octanol–water partition coefficient (Wildman–Crippen LogP) is 3.76. The number of nitrogens with zero attached hydrogens (tertiary/aromatic N) is 2. The molecule has 0 radical (unpaired) electrons. The summed E-state index contributed by atoms with van der Waals surface area (Å²) in [4.78, 5) is 15.8. The Morgan fingerprint density at radius 3 is 2.19 bits per heavy atom. The predicted molar refractivity (Wildman–Crippen MR) is 118 cm³/mol. The maximum atomic E-state index is 13.8. The molecule has 0 saturated heterocycles. The van der Waals surface area contributed by atoms with Gasteiger partial charge in [-0.25, -0.2) is 12.7 Å². The molecule has 0 spiro atoms. The molecule has 6 nitrogen and oxygen atoms in total. The van der Waals surface area contributed by atoms with Gasteiger partial charge in [-0.05, 0) is 42.3 Å². The summed E-state index contributed by atoms with van der Waals surface area (Å²) in [6.07, 6.45) is 0.615. The Morgan fingerprint density at radius 2 is 1.58 bits per heavy atom. The first-order valence-electron chi connectivity index (χ1n) is 10.1. The van der Waals surface area contributed by atoms with E-state index in [2.05, 4.69) is 0 Å². The van der Waals surface area contributed by atoms with Gasteiger partial charge in [0, 0.05) is 37.5 Å². The van der Waals surface area contributed by atoms with Crippen molar-refractivity contribution >= 4 is 21.6 Å². The van der Waals surface area contributed by atoms with Gasteiger partial charge in [0.15, 0.2) is 0 Å². The summed E-state index contributed by atoms with van der Waals surface area (Å²) in [6, 6.07) is 20.2. The zero-order valence-electron chi connectivity index (χ0n) is 17.3. The van der Waals surface area contributed by atoms with Crippen molar-refractivity contribution in [3.8, 4) is 11.5 Å². The second-order valence-electron chi connectivity index (χ2n) is 7.93. The molecule has 7 heteroatoms. The molecule has 0 N–H and O–H groups in total. The van der Waals surface area contributed by atoms with Crippen LogP contribution in [0.25, 0.3) is 0 Å². The fourth-order valence-electron chi connectivity index (χ4n) is 4.31. The van der Waals surface area contributed by atoms with E-state index in [0.29, 0.717) is 24.5 Å². The molecule has 0 unspecified atom stereocenters. The minimum atomic E-state index is -3.52. The number of sulfonamides is 1. The summed E-state index contributed by atoms with van der Waals surface area (Å²) in [7, 11) is -0.499. The van der Waals surface area contributed by atoms with Gasteiger partial charge >= 0.3 is 0 Å². The average molecular weight is 435 g/mol. The number of anilines is 1. The van der Waals surface area contributed by atoms with E-state index in [4.69, 9.17) is 4.74 Å². The highest BCUT2D eigenvalue weighted by Gasteiger charge is 2.37. The molecule has 158 valence electrons. The number of amides is 1. The summed E-state index contributed by atoms with van der Waals surface area (Å²) in [5, 5.41) is 0. The summed E-state index contributed by atoms with van der Waals surface area (Å²) in [6.45, 7) is 0.515. The van der Waals surface area contributed by atoms with E-state index >= 15 is 0 Å². The Labute approximate surface area is 181 Å². The summed E-state index contributed by atoms with van der Waals surface area (Å²) >= 11 is 0. The number of carbonyl (C=O) groups is 1. The molecule has 5 rings (SSSR count). The number of hydrogen-bond acceptors (Lipinski definition) is 4. The van der Waals surface area contributed by atoms with Crippen LogP contribution in [0.1, 0.15) is 22.6 Å². The smallest absolute Gasteiger partial charge is 0.242 e. The van der Waals surface area contributed by atoms with Gasteiger partial charge in [-0.2, -0.15) is 0 Å². The van der Waals surface area contributed by atoms with Gasteiger partial charge in [0.25, 0.3) is 0 Å². The number of benzene rings is 3. The molecule has 3 aromatic rings. The van der Waals surface area contributed by atoms with Gasteiger partial charge in [-0.3, -0.25) is 4.79 Å². The van der Waals surface area contributed by atoms with E-state index in [9.17, 15) is 13.2 Å². The standard InChI is InChI=1S/C24H22N2O4S/c1-25(2)31(28,29)17-11-12-20-16(15-17)13-14-26(20)24(27)23-18-7-3-5-9-21(18)30-22-10-6-4-8-19(22)23/h3-12,15,23H,13-14H2,1-2H3. The highest BCUT2D eigenvalue weighted by Crippen LogP contribution is 2.46. The van der Waals surface area contributed by atoms with Crippen LogP contribution in [0.3, 0.4) is 0 Å². The Hall–Kier alpha value is -3.16. The van der Waals surface area contributed by atoms with E-state index in [1.807, 2.05) is 48.5 Å². The van der Waals surface area contributed by atoms with Crippen LogP contribution in [0, 0.1) is 0 Å². The highest BCUT2D eigenvalue weighted by molar-refractivity contribution is 7.89. The van der Waals surface area contributed by atoms with Crippen LogP contribution in [0.15, 0.2) is 71.6 Å². The van der Waals surface area contributed by atoms with Gasteiger partial charge in [-0.1, -0.05) is 36.4 Å². The van der Waals surface area contributed by atoms with Crippen LogP contribution in [-0.4, -0.2) is 39.3 Å². The number of fused-ring (bicyclic) bond motifs is 3. The van der Waals surface area contributed by atoms with E-state index in [-0.39, 0.29) is 10.8 Å². The van der Waals surface area contributed by atoms with Crippen molar-refractivity contribution < 1.29 is 17.9 Å². The van der Waals surface area contributed by atoms with Crippen molar-refractivity contribution in [2.24, 2.45) is 0 Å². The molecule has 0 bridgehead atoms. The molecule has 1 amide bonds. The number of carbonyl (C=O) groups excluding carboxylic acids is 1. The van der Waals surface area contributed by atoms with Crippen LogP contribution in [0.5, 0.6) is 11.5 Å². The third kappa shape index (κ3) is 3.12. The quantitative estimate of drug-likeness (QED) is 0.630. The number of hydrogen-bond donors (Lipinski definition) is 0. The maximum Gasteiger partial charge on any atom is 0.242 e. The second-order valence-corrected chi connectivity index (χ2v) is 10.1. The van der Waals surface area contributed by atoms with Crippen LogP contribution in [-0.2, 0) is 21.2 Å². The minimum absolute atomic E-state index is 0.0369. The minimum Gasteiger partial charge on any atom is -0.457 e. The monoisotopic (exact) mass is 434 g/mol. The molecule has 0 fully saturated rings. The molecule has 0 saturated carbocycles. The molecular formula is C24H22N2O4S. The molecule has 0 aliphatic carbocycles. The Bertz CT molecular complexity index is 1250. The van der Waals surface area contributed by atoms with Crippen LogP contribution >= 0.6 is 0 Å². The van der Waals surface area contributed by atoms with Crippen molar-refractivity contribution in [3.63, 3.8) is 0 Å². The molecule has 3 aromatic carbocycles. The maximum absolute atomic E-state index is 13.8. The summed E-state index contributed by atoms with van der Waals surface area (Å²) in [5.74, 6) is 0.861. The molecule has 2 heterocycles. The molecule has 31 heavy (non-hydrogen) atoms. The third-order valence-electron chi connectivity index (χ3n) is 5.92. The first-order valence-corrected chi connectivity index (χ1v) is 11.5. The lowest BCUT2D eigenvalue weighted by Gasteiger charge is -2.30. The Kier molecular flexibility index (Phi) is 4.60. The van der Waals surface area contributed by atoms with Gasteiger partial charge in [-0.15, -0.1) is 0 Å². The largest absolute Gasteiger partial charge is 0.457 e. The van der Waals surface area contributed by atoms with E-state index in [1.54, 1.807) is 23.1 Å². The topological polar surface area (TPSA) is 66.9 Å². The molecule has 0 aromatic heterocycles. The zero-order valence-corrected chi connectivity index (χ0v) is 18.1. The lowest BCUT2D eigenvalue weighted by molar-refractivity contribution is -0.119. The number of ether oxygens (including phenoxy) is 1. The summed E-state index contributed by atoms with van der Waals surface area (Å²) in [5.41, 5.74) is 3.31. The molecule has 2 aliphatic rings. The van der Waals surface area contributed by atoms with Crippen LogP contribution in [0.2, 0.25) is 0 Å². The molecular weight excluding hydrogens is 412 g/mol. The van der Waals surface area contributed by atoms with Gasteiger partial charge < -0.3 is 9.64 Å². The fraction of sp³-hybridized carbons (Fsp3) is 0.208. The van der Waals surface area contributed by atoms with Crippen molar-refractivity contribution in [2.45, 2.75) is 17.2 Å². The second kappa shape index (κ2) is 7.21. The van der Waals surface area contributed by atoms with Crippen molar-refractivity contribution in [1.82, 2.24) is 4.31 Å². The SMILES string of the molecule is CN(C)S(=O)(=O)c1ccc2c(c1)CCN2C(=O)C1c2ccccc2Oc2ccccc21. The first kappa shape index (κ1) is 19.8. The molecule has 2 aliphatic heterocycles. The highest BCUT2D eigenvalue weighted by atomic mass is 32.2. The lowest BCUT2D eigenvalue weighted by Crippen LogP contribution is -2.35. The number of para-hydroxylation sites is 2. The Balaban J connectivity index is 1.55. The van der Waals surface area contributed by atoms with E-state index in [0.717, 1.165) is 22.4 Å². The van der Waals surface area contributed by atoms with E-state index in [1.165, 1.54) is 18.4 Å². The van der Waals surface area contributed by atoms with Crippen LogP contribution in [0.4, 0.5) is 5.69 Å². The average Bonchev–Trinajstić information content (AvgIpc) is 3.20. The first-order chi connectivity index (χ1) is 14.9. The van der Waals surface area contributed by atoms with E-state index < -0.39 is 15.9 Å². The normalized spacial score (nSPS) is 15.3. The lowest BCUT2D eigenvalue weighted by atomic mass is 9.87. The van der Waals surface area contributed by atoms with Crippen molar-refractivity contribution in [3.05, 3.63) is 83.4 Å². The Morgan fingerprint density at radius 1 is 0.968 bits per heavy atom. The third-order valence-corrected chi connectivity index (χ3v) is 7.73. The van der Waals surface area contributed by atoms with Crippen molar-refractivity contribution in [2.75, 3.05) is 25.5 Å². The van der Waals surface area contributed by atoms with Gasteiger partial charge in [0.05, 0.1) is 10.8 Å². The van der Waals surface area contributed by atoms with Gasteiger partial charge in [0.1, 0.15) is 11.5 Å².